The molecule has 0 amide bonds. The van der Waals surface area contributed by atoms with Gasteiger partial charge in [-0.25, -0.2) is 0 Å². The number of H-pyrrole nitrogens is 1. The number of nitrogens with one attached hydrogen (secondary N) is 1. The van der Waals surface area contributed by atoms with E-state index < -0.39 is 0 Å². The molecule has 1 N–H and O–H groups in total. The fourth-order valence-electron chi connectivity index (χ4n) is 2.88. The first-order chi connectivity index (χ1) is 13.2. The number of ether oxygens (including phenoxy) is 1. The summed E-state index contributed by atoms with van der Waals surface area (Å²) in [6.45, 7) is 3.02. The highest BCUT2D eigenvalue weighted by atomic mass is 32.1. The number of aromatic amines is 1. The van der Waals surface area contributed by atoms with Crippen molar-refractivity contribution in [2.75, 3.05) is 0 Å². The molecule has 0 bridgehead atoms. The highest BCUT2D eigenvalue weighted by molar-refractivity contribution is 7.71. The van der Waals surface area contributed by atoms with Gasteiger partial charge in [-0.15, -0.1) is 0 Å². The van der Waals surface area contributed by atoms with Gasteiger partial charge in [0.05, 0.1) is 18.4 Å². The van der Waals surface area contributed by atoms with Gasteiger partial charge in [-0.1, -0.05) is 48.5 Å². The maximum Gasteiger partial charge on any atom is 0.200 e. The van der Waals surface area contributed by atoms with E-state index in [-0.39, 0.29) is 0 Å². The van der Waals surface area contributed by atoms with E-state index in [2.05, 4.69) is 27.4 Å². The van der Waals surface area contributed by atoms with Gasteiger partial charge in [-0.3, -0.25) is 14.3 Å². The van der Waals surface area contributed by atoms with E-state index in [9.17, 15) is 0 Å². The molecule has 0 fully saturated rings. The van der Waals surface area contributed by atoms with Crippen LogP contribution in [-0.4, -0.2) is 24.5 Å². The Hall–Kier alpha value is -3.19. The standard InChI is InChI=1S/C20H19N5OS/c1-15-7-5-6-10-18(15)26-14-19-22-23-20(27)25(19)17-11-21-24(13-17)12-16-8-3-2-4-9-16/h2-11,13H,12,14H2,1H3,(H,23,27). The maximum absolute atomic E-state index is 5.92. The molecular weight excluding hydrogens is 358 g/mol. The van der Waals surface area contributed by atoms with E-state index in [1.807, 2.05) is 64.8 Å². The smallest absolute Gasteiger partial charge is 0.200 e. The van der Waals surface area contributed by atoms with Gasteiger partial charge in [-0.2, -0.15) is 10.2 Å². The molecule has 0 atom stereocenters. The van der Waals surface area contributed by atoms with E-state index in [1.54, 1.807) is 6.20 Å². The Balaban J connectivity index is 1.55. The Morgan fingerprint density at radius 3 is 2.67 bits per heavy atom. The minimum absolute atomic E-state index is 0.307. The lowest BCUT2D eigenvalue weighted by Gasteiger charge is -2.09. The van der Waals surface area contributed by atoms with Crippen molar-refractivity contribution in [3.63, 3.8) is 0 Å². The van der Waals surface area contributed by atoms with Crippen molar-refractivity contribution in [3.05, 3.63) is 88.7 Å². The first kappa shape index (κ1) is 17.2. The highest BCUT2D eigenvalue weighted by Gasteiger charge is 2.12. The van der Waals surface area contributed by atoms with Crippen LogP contribution in [0.2, 0.25) is 0 Å². The van der Waals surface area contributed by atoms with E-state index >= 15 is 0 Å². The Kier molecular flexibility index (Phi) is 4.84. The molecule has 0 aliphatic heterocycles. The van der Waals surface area contributed by atoms with Crippen LogP contribution in [0.1, 0.15) is 17.0 Å². The van der Waals surface area contributed by atoms with Crippen LogP contribution in [0, 0.1) is 11.7 Å². The fourth-order valence-corrected chi connectivity index (χ4v) is 3.13. The third kappa shape index (κ3) is 3.83. The van der Waals surface area contributed by atoms with Crippen LogP contribution in [0.25, 0.3) is 5.69 Å². The van der Waals surface area contributed by atoms with Gasteiger partial charge in [0.15, 0.2) is 10.6 Å². The normalized spacial score (nSPS) is 10.9. The van der Waals surface area contributed by atoms with E-state index in [4.69, 9.17) is 17.0 Å². The van der Waals surface area contributed by atoms with Gasteiger partial charge in [0.25, 0.3) is 0 Å². The third-order valence-electron chi connectivity index (χ3n) is 4.26. The topological polar surface area (TPSA) is 60.7 Å². The Morgan fingerprint density at radius 2 is 1.85 bits per heavy atom. The maximum atomic E-state index is 5.92. The summed E-state index contributed by atoms with van der Waals surface area (Å²) in [4.78, 5) is 0. The van der Waals surface area contributed by atoms with Gasteiger partial charge in [0.2, 0.25) is 0 Å². The number of benzene rings is 2. The molecule has 0 saturated carbocycles. The lowest BCUT2D eigenvalue weighted by atomic mass is 10.2. The average molecular weight is 377 g/mol. The molecular formula is C20H19N5OS. The van der Waals surface area contributed by atoms with Crippen LogP contribution in [0.3, 0.4) is 0 Å². The number of hydrogen-bond donors (Lipinski definition) is 1. The first-order valence-electron chi connectivity index (χ1n) is 8.62. The molecule has 2 aromatic heterocycles. The molecule has 4 rings (SSSR count). The summed E-state index contributed by atoms with van der Waals surface area (Å²) >= 11 is 5.40. The molecule has 2 aromatic carbocycles. The number of aryl methyl sites for hydroxylation is 1. The van der Waals surface area contributed by atoms with Gasteiger partial charge in [0.1, 0.15) is 12.4 Å². The molecule has 4 aromatic rings. The monoisotopic (exact) mass is 377 g/mol. The van der Waals surface area contributed by atoms with Crippen LogP contribution in [0.5, 0.6) is 5.75 Å². The van der Waals surface area contributed by atoms with Gasteiger partial charge < -0.3 is 4.74 Å². The lowest BCUT2D eigenvalue weighted by molar-refractivity contribution is 0.291. The highest BCUT2D eigenvalue weighted by Crippen LogP contribution is 2.19. The van der Waals surface area contributed by atoms with Gasteiger partial charge in [-0.05, 0) is 36.3 Å². The largest absolute Gasteiger partial charge is 0.485 e. The number of rotatable bonds is 6. The molecule has 0 aliphatic rings. The molecule has 6 nitrogen and oxygen atoms in total. The fraction of sp³-hybridized carbons (Fsp3) is 0.150. The number of para-hydroxylation sites is 1. The Morgan fingerprint density at radius 1 is 1.07 bits per heavy atom. The summed E-state index contributed by atoms with van der Waals surface area (Å²) < 4.78 is 10.2. The summed E-state index contributed by atoms with van der Waals surface area (Å²) in [6, 6.07) is 18.1. The molecule has 0 spiro atoms. The van der Waals surface area contributed by atoms with Crippen molar-refractivity contribution >= 4 is 12.2 Å². The second-order valence-electron chi connectivity index (χ2n) is 6.22. The summed E-state index contributed by atoms with van der Waals surface area (Å²) in [5.41, 5.74) is 3.12. The van der Waals surface area contributed by atoms with Crippen molar-refractivity contribution in [1.82, 2.24) is 24.5 Å². The zero-order chi connectivity index (χ0) is 18.6. The van der Waals surface area contributed by atoms with Crippen molar-refractivity contribution < 1.29 is 4.74 Å². The van der Waals surface area contributed by atoms with E-state index in [1.165, 1.54) is 5.56 Å². The molecule has 0 unspecified atom stereocenters. The van der Waals surface area contributed by atoms with Gasteiger partial charge in [0, 0.05) is 6.20 Å². The molecule has 2 heterocycles. The molecule has 0 radical (unpaired) electrons. The van der Waals surface area contributed by atoms with Crippen molar-refractivity contribution in [1.29, 1.82) is 0 Å². The van der Waals surface area contributed by atoms with Crippen molar-refractivity contribution in [3.8, 4) is 11.4 Å². The SMILES string of the molecule is Cc1ccccc1OCc1n[nH]c(=S)n1-c1cnn(Cc2ccccc2)c1. The molecule has 7 heteroatoms. The van der Waals surface area contributed by atoms with Crippen LogP contribution < -0.4 is 4.74 Å². The second kappa shape index (κ2) is 7.59. The Labute approximate surface area is 162 Å². The van der Waals surface area contributed by atoms with E-state index in [0.717, 1.165) is 17.0 Å². The molecule has 27 heavy (non-hydrogen) atoms. The van der Waals surface area contributed by atoms with Crippen LogP contribution in [0.4, 0.5) is 0 Å². The zero-order valence-electron chi connectivity index (χ0n) is 14.9. The summed E-state index contributed by atoms with van der Waals surface area (Å²) in [7, 11) is 0. The first-order valence-corrected chi connectivity index (χ1v) is 9.03. The average Bonchev–Trinajstić information content (AvgIpc) is 3.28. The minimum Gasteiger partial charge on any atom is -0.485 e. The predicted molar refractivity (Wildman–Crippen MR) is 106 cm³/mol. The lowest BCUT2D eigenvalue weighted by Crippen LogP contribution is -2.06. The second-order valence-corrected chi connectivity index (χ2v) is 6.60. The van der Waals surface area contributed by atoms with Crippen LogP contribution >= 0.6 is 12.2 Å². The molecule has 0 saturated heterocycles. The van der Waals surface area contributed by atoms with Crippen molar-refractivity contribution in [2.45, 2.75) is 20.1 Å². The zero-order valence-corrected chi connectivity index (χ0v) is 15.7. The van der Waals surface area contributed by atoms with E-state index in [0.29, 0.717) is 23.7 Å². The molecule has 0 aliphatic carbocycles. The number of aromatic nitrogens is 5. The number of hydrogen-bond acceptors (Lipinski definition) is 4. The van der Waals surface area contributed by atoms with Crippen LogP contribution in [-0.2, 0) is 13.2 Å². The quantitative estimate of drug-likeness (QED) is 0.515. The van der Waals surface area contributed by atoms with Crippen molar-refractivity contribution in [2.24, 2.45) is 0 Å². The minimum atomic E-state index is 0.307. The summed E-state index contributed by atoms with van der Waals surface area (Å²) in [5, 5.41) is 11.6. The summed E-state index contributed by atoms with van der Waals surface area (Å²) in [5.74, 6) is 1.53. The number of nitrogens with zero attached hydrogens (tertiary/aromatic N) is 4. The predicted octanol–water partition coefficient (Wildman–Crippen LogP) is 4.06. The third-order valence-corrected chi connectivity index (χ3v) is 4.53. The van der Waals surface area contributed by atoms with Crippen LogP contribution in [0.15, 0.2) is 67.0 Å². The Bertz CT molecular complexity index is 1100. The molecule has 136 valence electrons. The van der Waals surface area contributed by atoms with Gasteiger partial charge >= 0.3 is 0 Å². The summed E-state index contributed by atoms with van der Waals surface area (Å²) in [6.07, 6.45) is 3.74.